The van der Waals surface area contributed by atoms with Crippen molar-refractivity contribution in [2.45, 2.75) is 78.3 Å². The van der Waals surface area contributed by atoms with Crippen molar-refractivity contribution in [3.63, 3.8) is 0 Å². The molecule has 0 radical (unpaired) electrons. The molecule has 1 unspecified atom stereocenters. The second-order valence-electron chi connectivity index (χ2n) is 11.0. The molecule has 2 bridgehead atoms. The number of aliphatic hydroxyl groups excluding tert-OH is 2. The fourth-order valence-corrected chi connectivity index (χ4v) is 6.78. The molecule has 1 aromatic rings. The predicted molar refractivity (Wildman–Crippen MR) is 125 cm³/mol. The lowest BCUT2D eigenvalue weighted by atomic mass is 9.45. The topological polar surface area (TPSA) is 91.3 Å². The normalized spacial score (nSPS) is 36.2. The number of aryl methyl sites for hydroxylation is 1. The monoisotopic (exact) mass is 460 g/mol. The molecule has 0 aromatic heterocycles. The summed E-state index contributed by atoms with van der Waals surface area (Å²) in [4.78, 5) is 19.7. The summed E-state index contributed by atoms with van der Waals surface area (Å²) in [7, 11) is 1.63. The molecule has 3 N–H and O–H groups in total. The van der Waals surface area contributed by atoms with Crippen LogP contribution in [-0.4, -0.2) is 59.2 Å². The highest BCUT2D eigenvalue weighted by Crippen LogP contribution is 2.61. The first-order chi connectivity index (χ1) is 15.6. The third kappa shape index (κ3) is 4.18. The number of ether oxygens (including phenoxy) is 1. The quantitative estimate of drug-likeness (QED) is 0.580. The van der Waals surface area contributed by atoms with Gasteiger partial charge in [-0.15, -0.1) is 0 Å². The number of carbonyl (C=O) groups excluding carboxylic acids is 1. The number of methoxy groups -OCH3 is 1. The molecule has 1 saturated heterocycles. The largest absolute Gasteiger partial charge is 0.496 e. The van der Waals surface area contributed by atoms with Crippen LogP contribution in [0.15, 0.2) is 18.2 Å². The van der Waals surface area contributed by atoms with E-state index in [0.29, 0.717) is 29.7 Å². The summed E-state index contributed by atoms with van der Waals surface area (Å²) < 4.78 is 5.60. The molecule has 33 heavy (non-hydrogen) atoms. The third-order valence-corrected chi connectivity index (χ3v) is 8.89. The van der Waals surface area contributed by atoms with E-state index in [1.807, 2.05) is 25.1 Å². The minimum atomic E-state index is -0.807. The van der Waals surface area contributed by atoms with E-state index in [-0.39, 0.29) is 18.6 Å². The minimum absolute atomic E-state index is 0.118. The maximum atomic E-state index is 13.7. The van der Waals surface area contributed by atoms with Crippen LogP contribution in [0.1, 0.15) is 51.7 Å². The molecule has 8 atom stereocenters. The number of hydrogen-bond donors (Lipinski definition) is 3. The molecule has 7 heteroatoms. The number of carbonyl (C=O) groups is 1. The Bertz CT molecular complexity index is 872. The van der Waals surface area contributed by atoms with Crippen LogP contribution in [0.3, 0.4) is 0 Å². The van der Waals surface area contributed by atoms with Crippen LogP contribution in [0.4, 0.5) is 0 Å². The van der Waals surface area contributed by atoms with E-state index < -0.39 is 24.2 Å². The highest BCUT2D eigenvalue weighted by molar-refractivity contribution is 5.82. The Morgan fingerprint density at radius 1 is 1.36 bits per heavy atom. The summed E-state index contributed by atoms with van der Waals surface area (Å²) in [5, 5.41) is 25.4. The van der Waals surface area contributed by atoms with Gasteiger partial charge in [-0.2, -0.15) is 5.06 Å². The van der Waals surface area contributed by atoms with Gasteiger partial charge in [-0.1, -0.05) is 39.0 Å². The average Bonchev–Trinajstić information content (AvgIpc) is 3.13. The Morgan fingerprint density at radius 3 is 2.67 bits per heavy atom. The van der Waals surface area contributed by atoms with Crippen molar-refractivity contribution in [1.29, 1.82) is 0 Å². The first-order valence-corrected chi connectivity index (χ1v) is 12.2. The lowest BCUT2D eigenvalue weighted by Crippen LogP contribution is -2.62. The van der Waals surface area contributed by atoms with Crippen LogP contribution < -0.4 is 10.1 Å². The molecule has 1 aromatic carbocycles. The van der Waals surface area contributed by atoms with Gasteiger partial charge < -0.3 is 20.3 Å². The first kappa shape index (κ1) is 24.5. The number of hydrogen-bond acceptors (Lipinski definition) is 6. The van der Waals surface area contributed by atoms with Crippen LogP contribution in [0, 0.1) is 36.0 Å². The van der Waals surface area contributed by atoms with Crippen molar-refractivity contribution in [2.75, 3.05) is 13.7 Å². The Kier molecular flexibility index (Phi) is 6.80. The fourth-order valence-electron chi connectivity index (χ4n) is 6.78. The van der Waals surface area contributed by atoms with Crippen molar-refractivity contribution >= 4 is 5.91 Å². The summed E-state index contributed by atoms with van der Waals surface area (Å²) in [5.41, 5.74) is 2.24. The van der Waals surface area contributed by atoms with Crippen molar-refractivity contribution < 1.29 is 24.6 Å². The number of para-hydroxylation sites is 1. The smallest absolute Gasteiger partial charge is 0.240 e. The summed E-state index contributed by atoms with van der Waals surface area (Å²) in [6.07, 6.45) is 0.777. The standard InChI is InChI=1S/C26H40N2O5/c1-14-8-7-9-17(24(14)32-6)12-28-23(22(16(3)30)21(13-29)33-28)25(31)27-20-11-18-10-19(15(20)2)26(18,4)5/h7-9,15-16,18-23,29-30H,10-13H2,1-6H3,(H,27,31)/t15-,16-,18-,19+,20-,21-,22?,23-/m0/s1. The lowest BCUT2D eigenvalue weighted by molar-refractivity contribution is -0.183. The summed E-state index contributed by atoms with van der Waals surface area (Å²) >= 11 is 0. The van der Waals surface area contributed by atoms with Gasteiger partial charge in [0.2, 0.25) is 5.91 Å². The summed E-state index contributed by atoms with van der Waals surface area (Å²) in [5.74, 6) is 1.74. The van der Waals surface area contributed by atoms with Crippen molar-refractivity contribution in [3.05, 3.63) is 29.3 Å². The zero-order valence-electron chi connectivity index (χ0n) is 20.7. The van der Waals surface area contributed by atoms with Gasteiger partial charge in [-0.3, -0.25) is 9.63 Å². The number of rotatable bonds is 7. The number of benzene rings is 1. The van der Waals surface area contributed by atoms with Gasteiger partial charge in [-0.05, 0) is 55.4 Å². The molecule has 0 spiro atoms. The number of aliphatic hydroxyl groups is 2. The molecule has 5 rings (SSSR count). The molecule has 184 valence electrons. The number of nitrogens with one attached hydrogen (secondary N) is 1. The molecular formula is C26H40N2O5. The van der Waals surface area contributed by atoms with Crippen LogP contribution in [0.25, 0.3) is 0 Å². The van der Waals surface area contributed by atoms with E-state index in [2.05, 4.69) is 26.1 Å². The maximum Gasteiger partial charge on any atom is 0.240 e. The zero-order valence-corrected chi connectivity index (χ0v) is 20.7. The van der Waals surface area contributed by atoms with Crippen LogP contribution in [-0.2, 0) is 16.2 Å². The van der Waals surface area contributed by atoms with Crippen molar-refractivity contribution in [1.82, 2.24) is 10.4 Å². The van der Waals surface area contributed by atoms with Crippen LogP contribution in [0.2, 0.25) is 0 Å². The molecule has 1 amide bonds. The maximum absolute atomic E-state index is 13.7. The van der Waals surface area contributed by atoms with Gasteiger partial charge in [-0.25, -0.2) is 0 Å². The zero-order chi connectivity index (χ0) is 24.1. The van der Waals surface area contributed by atoms with Gasteiger partial charge in [0.1, 0.15) is 17.9 Å². The predicted octanol–water partition coefficient (Wildman–Crippen LogP) is 2.66. The van der Waals surface area contributed by atoms with Crippen molar-refractivity contribution in [2.24, 2.45) is 29.1 Å². The Morgan fingerprint density at radius 2 is 2.09 bits per heavy atom. The van der Waals surface area contributed by atoms with Gasteiger partial charge in [0.25, 0.3) is 0 Å². The highest BCUT2D eigenvalue weighted by Gasteiger charge is 2.57. The Hall–Kier alpha value is -1.67. The third-order valence-electron chi connectivity index (χ3n) is 8.89. The Labute approximate surface area is 197 Å². The van der Waals surface area contributed by atoms with Crippen LogP contribution in [0.5, 0.6) is 5.75 Å². The van der Waals surface area contributed by atoms with Gasteiger partial charge >= 0.3 is 0 Å². The first-order valence-electron chi connectivity index (χ1n) is 12.2. The molecule has 1 aliphatic heterocycles. The summed E-state index contributed by atoms with van der Waals surface area (Å²) in [6.45, 7) is 10.6. The molecule has 3 saturated carbocycles. The van der Waals surface area contributed by atoms with Crippen LogP contribution >= 0.6 is 0 Å². The minimum Gasteiger partial charge on any atom is -0.496 e. The highest BCUT2D eigenvalue weighted by atomic mass is 16.7. The van der Waals surface area contributed by atoms with E-state index >= 15 is 0 Å². The van der Waals surface area contributed by atoms with E-state index in [9.17, 15) is 15.0 Å². The SMILES string of the molecule is COc1c(C)cccc1CN1O[C@@H](CO)C([C@H](C)O)[C@H]1C(=O)N[C@H]1C[C@@H]2C[C@H]([C@@H]1C)C2(C)C. The Balaban J connectivity index is 1.57. The number of amides is 1. The van der Waals surface area contributed by atoms with Gasteiger partial charge in [0.15, 0.2) is 0 Å². The molecule has 3 aliphatic carbocycles. The second-order valence-corrected chi connectivity index (χ2v) is 11.0. The van der Waals surface area contributed by atoms with Gasteiger partial charge in [0, 0.05) is 17.5 Å². The molecule has 4 aliphatic rings. The number of fused-ring (bicyclic) bond motifs is 2. The van der Waals surface area contributed by atoms with E-state index in [1.165, 1.54) is 6.42 Å². The number of nitrogens with zero attached hydrogens (tertiary/aromatic N) is 1. The lowest BCUT2D eigenvalue weighted by Gasteiger charge is -2.62. The molecule has 7 nitrogen and oxygen atoms in total. The summed E-state index contributed by atoms with van der Waals surface area (Å²) in [6, 6.07) is 5.29. The number of hydroxylamine groups is 2. The molecular weight excluding hydrogens is 420 g/mol. The van der Waals surface area contributed by atoms with E-state index in [0.717, 1.165) is 23.3 Å². The average molecular weight is 461 g/mol. The van der Waals surface area contributed by atoms with Crippen molar-refractivity contribution in [3.8, 4) is 5.75 Å². The second kappa shape index (κ2) is 9.17. The fraction of sp³-hybridized carbons (Fsp3) is 0.731. The molecule has 1 heterocycles. The van der Waals surface area contributed by atoms with E-state index in [4.69, 9.17) is 9.57 Å². The molecule has 4 fully saturated rings. The van der Waals surface area contributed by atoms with E-state index in [1.54, 1.807) is 19.1 Å². The van der Waals surface area contributed by atoms with Gasteiger partial charge in [0.05, 0.1) is 26.4 Å².